The zero-order valence-corrected chi connectivity index (χ0v) is 10.2. The number of fused-ring (bicyclic) bond motifs is 3. The summed E-state index contributed by atoms with van der Waals surface area (Å²) in [6, 6.07) is 5.66. The highest BCUT2D eigenvalue weighted by Crippen LogP contribution is 2.38. The summed E-state index contributed by atoms with van der Waals surface area (Å²) in [6.45, 7) is 1.97. The van der Waals surface area contributed by atoms with E-state index in [2.05, 4.69) is 4.98 Å². The molecule has 0 aliphatic carbocycles. The zero-order chi connectivity index (χ0) is 12.0. The molecule has 88 valence electrons. The molecule has 4 heteroatoms. The Morgan fingerprint density at radius 3 is 3.12 bits per heavy atom. The third-order valence-electron chi connectivity index (χ3n) is 3.14. The Morgan fingerprint density at radius 1 is 1.53 bits per heavy atom. The first-order chi connectivity index (χ1) is 8.20. The number of aryl methyl sites for hydroxylation is 1. The lowest BCUT2D eigenvalue weighted by molar-refractivity contribution is 0.136. The van der Waals surface area contributed by atoms with E-state index >= 15 is 0 Å². The number of nitrogens with zero attached hydrogens (tertiary/aromatic N) is 1. The molecule has 2 heterocycles. The SMILES string of the molecule is Cc1nc2c(Cl)cccc2c2c1CC(CO)O2. The number of rotatable bonds is 1. The Kier molecular flexibility index (Phi) is 2.45. The smallest absolute Gasteiger partial charge is 0.134 e. The summed E-state index contributed by atoms with van der Waals surface area (Å²) in [5.74, 6) is 0.828. The maximum atomic E-state index is 9.18. The molecule has 3 nitrogen and oxygen atoms in total. The van der Waals surface area contributed by atoms with Gasteiger partial charge < -0.3 is 9.84 Å². The fourth-order valence-corrected chi connectivity index (χ4v) is 2.50. The van der Waals surface area contributed by atoms with Gasteiger partial charge in [-0.1, -0.05) is 17.7 Å². The molecule has 1 N–H and O–H groups in total. The summed E-state index contributed by atoms with van der Waals surface area (Å²) < 4.78 is 5.76. The Morgan fingerprint density at radius 2 is 2.35 bits per heavy atom. The molecule has 17 heavy (non-hydrogen) atoms. The van der Waals surface area contributed by atoms with E-state index in [1.807, 2.05) is 25.1 Å². The minimum atomic E-state index is -0.157. The molecule has 0 bridgehead atoms. The number of benzene rings is 1. The largest absolute Gasteiger partial charge is 0.487 e. The normalized spacial score (nSPS) is 18.2. The molecule has 1 atom stereocenters. The van der Waals surface area contributed by atoms with Crippen LogP contribution in [0.3, 0.4) is 0 Å². The topological polar surface area (TPSA) is 42.4 Å². The predicted molar refractivity (Wildman–Crippen MR) is 66.7 cm³/mol. The number of halogens is 1. The number of hydrogen-bond donors (Lipinski definition) is 1. The number of ether oxygens (including phenoxy) is 1. The van der Waals surface area contributed by atoms with Gasteiger partial charge in [0, 0.05) is 23.1 Å². The van der Waals surface area contributed by atoms with Gasteiger partial charge in [-0.2, -0.15) is 0 Å². The van der Waals surface area contributed by atoms with Crippen LogP contribution in [0.15, 0.2) is 18.2 Å². The van der Waals surface area contributed by atoms with Crippen molar-refractivity contribution < 1.29 is 9.84 Å². The van der Waals surface area contributed by atoms with Crippen molar-refractivity contribution >= 4 is 22.5 Å². The molecule has 1 aliphatic rings. The quantitative estimate of drug-likeness (QED) is 0.844. The van der Waals surface area contributed by atoms with E-state index in [-0.39, 0.29) is 12.7 Å². The average Bonchev–Trinajstić information content (AvgIpc) is 2.76. The van der Waals surface area contributed by atoms with Crippen molar-refractivity contribution in [1.82, 2.24) is 4.98 Å². The van der Waals surface area contributed by atoms with Gasteiger partial charge in [-0.05, 0) is 19.1 Å². The van der Waals surface area contributed by atoms with Crippen molar-refractivity contribution in [1.29, 1.82) is 0 Å². The molecule has 1 aromatic carbocycles. The van der Waals surface area contributed by atoms with Crippen molar-refractivity contribution in [2.24, 2.45) is 0 Å². The van der Waals surface area contributed by atoms with Gasteiger partial charge in [-0.25, -0.2) is 0 Å². The van der Waals surface area contributed by atoms with Crippen molar-refractivity contribution in [3.8, 4) is 5.75 Å². The van der Waals surface area contributed by atoms with Gasteiger partial charge in [0.15, 0.2) is 0 Å². The molecule has 0 amide bonds. The number of para-hydroxylation sites is 1. The number of aromatic nitrogens is 1. The molecule has 0 saturated carbocycles. The van der Waals surface area contributed by atoms with Crippen LogP contribution in [0.5, 0.6) is 5.75 Å². The van der Waals surface area contributed by atoms with E-state index in [0.29, 0.717) is 11.4 Å². The fraction of sp³-hybridized carbons (Fsp3) is 0.308. The second kappa shape index (κ2) is 3.86. The minimum Gasteiger partial charge on any atom is -0.487 e. The van der Waals surface area contributed by atoms with Crippen LogP contribution in [0.2, 0.25) is 5.02 Å². The molecule has 1 aromatic heterocycles. The Labute approximate surface area is 104 Å². The number of aliphatic hydroxyl groups excluding tert-OH is 1. The van der Waals surface area contributed by atoms with E-state index in [0.717, 1.165) is 27.9 Å². The third-order valence-corrected chi connectivity index (χ3v) is 3.45. The van der Waals surface area contributed by atoms with Crippen LogP contribution in [0, 0.1) is 6.92 Å². The number of hydrogen-bond acceptors (Lipinski definition) is 3. The van der Waals surface area contributed by atoms with E-state index in [1.165, 1.54) is 0 Å². The molecule has 0 radical (unpaired) electrons. The highest BCUT2D eigenvalue weighted by Gasteiger charge is 2.27. The third kappa shape index (κ3) is 1.58. The molecule has 2 aromatic rings. The zero-order valence-electron chi connectivity index (χ0n) is 9.40. The van der Waals surface area contributed by atoms with E-state index < -0.39 is 0 Å². The van der Waals surface area contributed by atoms with E-state index in [9.17, 15) is 5.11 Å². The van der Waals surface area contributed by atoms with E-state index in [1.54, 1.807) is 0 Å². The predicted octanol–water partition coefficient (Wildman–Crippen LogP) is 2.49. The Balaban J connectivity index is 2.30. The standard InChI is InChI=1S/C13H12ClNO2/c1-7-10-5-8(6-16)17-13(10)9-3-2-4-11(14)12(9)15-7/h2-4,8,16H,5-6H2,1H3. The summed E-state index contributed by atoms with van der Waals surface area (Å²) in [5.41, 5.74) is 2.78. The first-order valence-corrected chi connectivity index (χ1v) is 5.93. The first-order valence-electron chi connectivity index (χ1n) is 5.56. The van der Waals surface area contributed by atoms with Crippen molar-refractivity contribution in [3.63, 3.8) is 0 Å². The minimum absolute atomic E-state index is 0.0240. The summed E-state index contributed by atoms with van der Waals surface area (Å²) in [4.78, 5) is 4.52. The van der Waals surface area contributed by atoms with Gasteiger partial charge in [0.25, 0.3) is 0 Å². The first kappa shape index (κ1) is 10.8. The van der Waals surface area contributed by atoms with Gasteiger partial charge >= 0.3 is 0 Å². The van der Waals surface area contributed by atoms with Crippen molar-refractivity contribution in [2.45, 2.75) is 19.4 Å². The summed E-state index contributed by atoms with van der Waals surface area (Å²) in [7, 11) is 0. The van der Waals surface area contributed by atoms with Crippen LogP contribution in [-0.4, -0.2) is 22.8 Å². The summed E-state index contributed by atoms with van der Waals surface area (Å²) in [6.07, 6.45) is 0.558. The second-order valence-electron chi connectivity index (χ2n) is 4.27. The lowest BCUT2D eigenvalue weighted by Gasteiger charge is -2.09. The maximum absolute atomic E-state index is 9.18. The lowest BCUT2D eigenvalue weighted by atomic mass is 10.1. The van der Waals surface area contributed by atoms with Crippen molar-refractivity contribution in [2.75, 3.05) is 6.61 Å². The molecular weight excluding hydrogens is 238 g/mol. The molecular formula is C13H12ClNO2. The highest BCUT2D eigenvalue weighted by molar-refractivity contribution is 6.35. The fourth-order valence-electron chi connectivity index (χ4n) is 2.29. The molecule has 0 saturated heterocycles. The highest BCUT2D eigenvalue weighted by atomic mass is 35.5. The average molecular weight is 250 g/mol. The molecule has 0 fully saturated rings. The molecule has 1 unspecified atom stereocenters. The molecule has 1 aliphatic heterocycles. The number of pyridine rings is 1. The van der Waals surface area contributed by atoms with Crippen LogP contribution in [0.25, 0.3) is 10.9 Å². The van der Waals surface area contributed by atoms with Gasteiger partial charge in [0.1, 0.15) is 11.9 Å². The Bertz CT molecular complexity index is 597. The van der Waals surface area contributed by atoms with Gasteiger partial charge in [-0.3, -0.25) is 4.98 Å². The van der Waals surface area contributed by atoms with Crippen molar-refractivity contribution in [3.05, 3.63) is 34.5 Å². The summed E-state index contributed by atoms with van der Waals surface area (Å²) >= 11 is 6.13. The second-order valence-corrected chi connectivity index (χ2v) is 4.67. The van der Waals surface area contributed by atoms with Crippen LogP contribution in [-0.2, 0) is 6.42 Å². The van der Waals surface area contributed by atoms with Crippen LogP contribution < -0.4 is 4.74 Å². The monoisotopic (exact) mass is 249 g/mol. The molecule has 0 spiro atoms. The van der Waals surface area contributed by atoms with Gasteiger partial charge in [0.2, 0.25) is 0 Å². The van der Waals surface area contributed by atoms with Crippen LogP contribution in [0.4, 0.5) is 0 Å². The van der Waals surface area contributed by atoms with Crippen LogP contribution in [0.1, 0.15) is 11.3 Å². The summed E-state index contributed by atoms with van der Waals surface area (Å²) in [5, 5.41) is 10.7. The van der Waals surface area contributed by atoms with Gasteiger partial charge in [0.05, 0.1) is 17.1 Å². The lowest BCUT2D eigenvalue weighted by Crippen LogP contribution is -2.17. The maximum Gasteiger partial charge on any atom is 0.134 e. The Hall–Kier alpha value is -1.32. The molecule has 3 rings (SSSR count). The van der Waals surface area contributed by atoms with Gasteiger partial charge in [-0.15, -0.1) is 0 Å². The van der Waals surface area contributed by atoms with Crippen LogP contribution >= 0.6 is 11.6 Å². The van der Waals surface area contributed by atoms with E-state index in [4.69, 9.17) is 16.3 Å². The number of aliphatic hydroxyl groups is 1.